The predicted molar refractivity (Wildman–Crippen MR) is 82.9 cm³/mol. The second-order valence-electron chi connectivity index (χ2n) is 4.24. The molecule has 20 heavy (non-hydrogen) atoms. The van der Waals surface area contributed by atoms with E-state index < -0.39 is 0 Å². The molecule has 1 heterocycles. The topological polar surface area (TPSA) is 54.0 Å². The first-order chi connectivity index (χ1) is 9.51. The average molecular weight is 310 g/mol. The Hall–Kier alpha value is -1.78. The number of halogens is 2. The number of nitrogens with one attached hydrogen (secondary N) is 2. The number of amides is 1. The highest BCUT2D eigenvalue weighted by molar-refractivity contribution is 6.34. The quantitative estimate of drug-likeness (QED) is 0.901. The lowest BCUT2D eigenvalue weighted by atomic mass is 10.2. The van der Waals surface area contributed by atoms with Gasteiger partial charge in [0.2, 0.25) is 0 Å². The highest BCUT2D eigenvalue weighted by Crippen LogP contribution is 2.24. The van der Waals surface area contributed by atoms with Gasteiger partial charge in [-0.1, -0.05) is 29.3 Å². The molecule has 0 aliphatic carbocycles. The van der Waals surface area contributed by atoms with E-state index in [1.54, 1.807) is 25.2 Å². The summed E-state index contributed by atoms with van der Waals surface area (Å²) in [5.41, 5.74) is 1.93. The first-order valence-electron chi connectivity index (χ1n) is 5.92. The molecule has 0 aliphatic heterocycles. The van der Waals surface area contributed by atoms with E-state index in [0.717, 1.165) is 5.56 Å². The lowest BCUT2D eigenvalue weighted by Gasteiger charge is -2.09. The van der Waals surface area contributed by atoms with Crippen LogP contribution in [-0.4, -0.2) is 17.9 Å². The third kappa shape index (κ3) is 3.21. The third-order valence-corrected chi connectivity index (χ3v) is 3.33. The molecule has 0 aliphatic rings. The number of benzene rings is 1. The van der Waals surface area contributed by atoms with Crippen LogP contribution in [0.1, 0.15) is 15.9 Å². The number of rotatable bonds is 3. The maximum Gasteiger partial charge on any atom is 0.257 e. The van der Waals surface area contributed by atoms with Crippen LogP contribution in [0.3, 0.4) is 0 Å². The number of carbonyl (C=O) groups is 1. The molecule has 2 aromatic rings. The number of pyridine rings is 1. The summed E-state index contributed by atoms with van der Waals surface area (Å²) < 4.78 is 0. The van der Waals surface area contributed by atoms with Crippen LogP contribution in [0.5, 0.6) is 0 Å². The van der Waals surface area contributed by atoms with Gasteiger partial charge in [0.1, 0.15) is 5.82 Å². The van der Waals surface area contributed by atoms with E-state index in [0.29, 0.717) is 27.1 Å². The molecule has 0 fully saturated rings. The molecule has 1 amide bonds. The van der Waals surface area contributed by atoms with Crippen molar-refractivity contribution in [2.24, 2.45) is 0 Å². The highest BCUT2D eigenvalue weighted by atomic mass is 35.5. The van der Waals surface area contributed by atoms with Crippen LogP contribution >= 0.6 is 23.2 Å². The minimum Gasteiger partial charge on any atom is -0.372 e. The van der Waals surface area contributed by atoms with Gasteiger partial charge in [-0.2, -0.15) is 0 Å². The maximum absolute atomic E-state index is 12.1. The number of aryl methyl sites for hydroxylation is 1. The van der Waals surface area contributed by atoms with Gasteiger partial charge in [-0.05, 0) is 30.7 Å². The van der Waals surface area contributed by atoms with Gasteiger partial charge in [0.05, 0.1) is 21.3 Å². The number of anilines is 2. The second-order valence-corrected chi connectivity index (χ2v) is 5.06. The van der Waals surface area contributed by atoms with Gasteiger partial charge in [0.25, 0.3) is 5.91 Å². The van der Waals surface area contributed by atoms with Crippen LogP contribution < -0.4 is 10.6 Å². The van der Waals surface area contributed by atoms with Crippen LogP contribution in [0.2, 0.25) is 10.0 Å². The molecule has 6 heteroatoms. The Labute approximate surface area is 127 Å². The largest absolute Gasteiger partial charge is 0.372 e. The lowest BCUT2D eigenvalue weighted by Crippen LogP contribution is -2.13. The summed E-state index contributed by atoms with van der Waals surface area (Å²) in [5.74, 6) is 0.214. The second kappa shape index (κ2) is 6.11. The molecule has 2 rings (SSSR count). The van der Waals surface area contributed by atoms with Crippen LogP contribution in [0, 0.1) is 6.92 Å². The highest BCUT2D eigenvalue weighted by Gasteiger charge is 2.11. The Morgan fingerprint density at radius 1 is 1.20 bits per heavy atom. The summed E-state index contributed by atoms with van der Waals surface area (Å²) in [7, 11) is 1.71. The summed E-state index contributed by atoms with van der Waals surface area (Å²) in [5, 5.41) is 6.44. The van der Waals surface area contributed by atoms with Crippen LogP contribution in [0.15, 0.2) is 30.5 Å². The molecule has 4 nitrogen and oxygen atoms in total. The molecular formula is C14H13Cl2N3O. The molecule has 0 radical (unpaired) electrons. The van der Waals surface area contributed by atoms with Crippen molar-refractivity contribution in [3.8, 4) is 0 Å². The van der Waals surface area contributed by atoms with E-state index in [4.69, 9.17) is 23.2 Å². The molecule has 0 bridgehead atoms. The van der Waals surface area contributed by atoms with Crippen LogP contribution in [0.4, 0.5) is 11.5 Å². The van der Waals surface area contributed by atoms with Gasteiger partial charge < -0.3 is 10.6 Å². The molecule has 0 atom stereocenters. The first kappa shape index (κ1) is 14.6. The zero-order chi connectivity index (χ0) is 14.7. The van der Waals surface area contributed by atoms with E-state index >= 15 is 0 Å². The minimum atomic E-state index is -0.311. The molecule has 1 aromatic carbocycles. The van der Waals surface area contributed by atoms with Gasteiger partial charge in [-0.3, -0.25) is 4.79 Å². The fourth-order valence-electron chi connectivity index (χ4n) is 1.68. The summed E-state index contributed by atoms with van der Waals surface area (Å²) in [6, 6.07) is 6.97. The van der Waals surface area contributed by atoms with Gasteiger partial charge in [0, 0.05) is 13.2 Å². The fourth-order valence-corrected chi connectivity index (χ4v) is 2.10. The van der Waals surface area contributed by atoms with E-state index in [-0.39, 0.29) is 5.91 Å². The van der Waals surface area contributed by atoms with E-state index in [2.05, 4.69) is 15.6 Å². The number of hydrogen-bond acceptors (Lipinski definition) is 3. The van der Waals surface area contributed by atoms with Crippen molar-refractivity contribution < 1.29 is 4.79 Å². The van der Waals surface area contributed by atoms with Crippen molar-refractivity contribution in [1.82, 2.24) is 4.98 Å². The summed E-state index contributed by atoms with van der Waals surface area (Å²) in [6.45, 7) is 1.92. The van der Waals surface area contributed by atoms with Crippen LogP contribution in [0.25, 0.3) is 0 Å². The Balaban J connectivity index is 2.24. The molecule has 1 aromatic heterocycles. The van der Waals surface area contributed by atoms with Crippen molar-refractivity contribution in [3.63, 3.8) is 0 Å². The summed E-state index contributed by atoms with van der Waals surface area (Å²) in [4.78, 5) is 16.2. The Bertz CT molecular complexity index is 659. The number of aromatic nitrogens is 1. The van der Waals surface area contributed by atoms with Gasteiger partial charge in [0.15, 0.2) is 0 Å². The van der Waals surface area contributed by atoms with Crippen LogP contribution in [-0.2, 0) is 0 Å². The third-order valence-electron chi connectivity index (χ3n) is 2.71. The minimum absolute atomic E-state index is 0.311. The summed E-state index contributed by atoms with van der Waals surface area (Å²) >= 11 is 12.0. The van der Waals surface area contributed by atoms with E-state index in [1.807, 2.05) is 13.0 Å². The van der Waals surface area contributed by atoms with Crippen molar-refractivity contribution >= 4 is 40.6 Å². The molecule has 0 spiro atoms. The van der Waals surface area contributed by atoms with Crippen molar-refractivity contribution in [1.29, 1.82) is 0 Å². The zero-order valence-corrected chi connectivity index (χ0v) is 12.5. The SMILES string of the molecule is CNc1ncc(C(=O)Nc2cc(C)ccc2Cl)cc1Cl. The Morgan fingerprint density at radius 3 is 2.60 bits per heavy atom. The normalized spacial score (nSPS) is 10.2. The van der Waals surface area contributed by atoms with E-state index in [1.165, 1.54) is 6.20 Å². The molecule has 0 unspecified atom stereocenters. The lowest BCUT2D eigenvalue weighted by molar-refractivity contribution is 0.102. The van der Waals surface area contributed by atoms with E-state index in [9.17, 15) is 4.79 Å². The average Bonchev–Trinajstić information content (AvgIpc) is 2.42. The van der Waals surface area contributed by atoms with Gasteiger partial charge in [-0.15, -0.1) is 0 Å². The van der Waals surface area contributed by atoms with Crippen molar-refractivity contribution in [3.05, 3.63) is 51.6 Å². The standard InChI is InChI=1S/C14H13Cl2N3O/c1-8-3-4-10(15)12(5-8)19-14(20)9-6-11(16)13(17-2)18-7-9/h3-7H,1-2H3,(H,17,18)(H,19,20). The van der Waals surface area contributed by atoms with Crippen molar-refractivity contribution in [2.75, 3.05) is 17.7 Å². The Morgan fingerprint density at radius 2 is 1.95 bits per heavy atom. The van der Waals surface area contributed by atoms with Gasteiger partial charge >= 0.3 is 0 Å². The maximum atomic E-state index is 12.1. The fraction of sp³-hybridized carbons (Fsp3) is 0.143. The monoisotopic (exact) mass is 309 g/mol. The first-order valence-corrected chi connectivity index (χ1v) is 6.67. The molecule has 0 saturated heterocycles. The predicted octanol–water partition coefficient (Wildman–Crippen LogP) is 3.99. The molecule has 0 saturated carbocycles. The molecule has 2 N–H and O–H groups in total. The Kier molecular flexibility index (Phi) is 4.47. The van der Waals surface area contributed by atoms with Gasteiger partial charge in [-0.25, -0.2) is 4.98 Å². The number of nitrogens with zero attached hydrogens (tertiary/aromatic N) is 1. The number of hydrogen-bond donors (Lipinski definition) is 2. The zero-order valence-electron chi connectivity index (χ0n) is 11.0. The van der Waals surface area contributed by atoms with Crippen molar-refractivity contribution in [2.45, 2.75) is 6.92 Å². The number of carbonyl (C=O) groups excluding carboxylic acids is 1. The smallest absolute Gasteiger partial charge is 0.257 e. The molecular weight excluding hydrogens is 297 g/mol. The molecule has 104 valence electrons. The summed E-state index contributed by atoms with van der Waals surface area (Å²) in [6.07, 6.45) is 1.46.